The summed E-state index contributed by atoms with van der Waals surface area (Å²) in [4.78, 5) is 32.1. The molecule has 0 aromatic carbocycles. The summed E-state index contributed by atoms with van der Waals surface area (Å²) in [5.41, 5.74) is 11.1. The van der Waals surface area contributed by atoms with Gasteiger partial charge in [0.2, 0.25) is 5.91 Å². The first-order chi connectivity index (χ1) is 8.82. The van der Waals surface area contributed by atoms with Crippen LogP contribution in [0.1, 0.15) is 38.5 Å². The van der Waals surface area contributed by atoms with Gasteiger partial charge in [-0.15, -0.1) is 0 Å². The molecule has 0 saturated heterocycles. The van der Waals surface area contributed by atoms with E-state index in [0.717, 1.165) is 0 Å². The van der Waals surface area contributed by atoms with Gasteiger partial charge in [-0.3, -0.25) is 14.4 Å². The molecule has 7 N–H and O–H groups in total. The summed E-state index contributed by atoms with van der Waals surface area (Å²) in [5.74, 6) is -2.37. The van der Waals surface area contributed by atoms with Gasteiger partial charge in [0.15, 0.2) is 0 Å². The lowest BCUT2D eigenvalue weighted by Gasteiger charge is -2.16. The molecular formula is C11H21N3O5. The lowest BCUT2D eigenvalue weighted by Crippen LogP contribution is -2.49. The lowest BCUT2D eigenvalue weighted by atomic mass is 10.1. The maximum atomic E-state index is 11.5. The van der Waals surface area contributed by atoms with E-state index in [2.05, 4.69) is 5.32 Å². The predicted octanol–water partition coefficient (Wildman–Crippen LogP) is -0.775. The first-order valence-corrected chi connectivity index (χ1v) is 6.08. The molecule has 110 valence electrons. The zero-order valence-corrected chi connectivity index (χ0v) is 10.7. The fourth-order valence-electron chi connectivity index (χ4n) is 1.41. The quantitative estimate of drug-likeness (QED) is 0.259. The number of unbranched alkanes of at least 4 members (excludes halogenated alkanes) is 1. The highest BCUT2D eigenvalue weighted by Crippen LogP contribution is 2.02. The van der Waals surface area contributed by atoms with Crippen molar-refractivity contribution < 1.29 is 24.6 Å². The summed E-state index contributed by atoms with van der Waals surface area (Å²) in [6.07, 6.45) is 0.859. The van der Waals surface area contributed by atoms with Crippen LogP contribution in [0.5, 0.6) is 0 Å². The second kappa shape index (κ2) is 9.29. The topological polar surface area (TPSA) is 156 Å². The number of hydrogen-bond donors (Lipinski definition) is 5. The Kier molecular flexibility index (Phi) is 8.47. The van der Waals surface area contributed by atoms with Gasteiger partial charge in [0.25, 0.3) is 0 Å². The third kappa shape index (κ3) is 9.98. The smallest absolute Gasteiger partial charge is 0.303 e. The van der Waals surface area contributed by atoms with Crippen LogP contribution in [0.25, 0.3) is 0 Å². The van der Waals surface area contributed by atoms with E-state index in [1.165, 1.54) is 0 Å². The van der Waals surface area contributed by atoms with E-state index in [1.807, 2.05) is 0 Å². The van der Waals surface area contributed by atoms with Crippen molar-refractivity contribution in [2.24, 2.45) is 11.5 Å². The van der Waals surface area contributed by atoms with Crippen molar-refractivity contribution >= 4 is 17.8 Å². The normalized spacial score (nSPS) is 13.6. The molecule has 0 aromatic rings. The van der Waals surface area contributed by atoms with Gasteiger partial charge in [0, 0.05) is 12.8 Å². The molecular weight excluding hydrogens is 254 g/mol. The molecule has 0 saturated carbocycles. The molecule has 1 amide bonds. The number of aliphatic carboxylic acids is 2. The van der Waals surface area contributed by atoms with Crippen LogP contribution in [0.3, 0.4) is 0 Å². The maximum absolute atomic E-state index is 11.5. The maximum Gasteiger partial charge on any atom is 0.303 e. The molecule has 0 unspecified atom stereocenters. The zero-order chi connectivity index (χ0) is 14.8. The number of amides is 1. The number of carbonyl (C=O) groups is 3. The van der Waals surface area contributed by atoms with Gasteiger partial charge in [0.05, 0.1) is 12.2 Å². The third-order valence-corrected chi connectivity index (χ3v) is 2.49. The van der Waals surface area contributed by atoms with Crippen molar-refractivity contribution in [3.63, 3.8) is 0 Å². The lowest BCUT2D eigenvalue weighted by molar-refractivity contribution is -0.138. The molecule has 0 radical (unpaired) electrons. The van der Waals surface area contributed by atoms with E-state index in [4.69, 9.17) is 21.7 Å². The zero-order valence-electron chi connectivity index (χ0n) is 10.7. The average molecular weight is 275 g/mol. The van der Waals surface area contributed by atoms with Crippen LogP contribution in [-0.4, -0.2) is 40.3 Å². The summed E-state index contributed by atoms with van der Waals surface area (Å²) in [5, 5.41) is 19.4. The number of rotatable bonds is 10. The standard InChI is InChI=1S/C11H21N3O5/c12-7(5-6-10(17)18)11(19)14-8(13)3-1-2-4-9(15)16/h7-8H,1-6,12-13H2,(H,14,19)(H,15,16)(H,17,18)/t7-,8+/m1/s1. The Balaban J connectivity index is 3.78. The van der Waals surface area contributed by atoms with E-state index in [9.17, 15) is 14.4 Å². The molecule has 8 nitrogen and oxygen atoms in total. The summed E-state index contributed by atoms with van der Waals surface area (Å²) in [6.45, 7) is 0. The fourth-order valence-corrected chi connectivity index (χ4v) is 1.41. The second-order valence-electron chi connectivity index (χ2n) is 4.29. The average Bonchev–Trinajstić information content (AvgIpc) is 2.31. The predicted molar refractivity (Wildman–Crippen MR) is 67.1 cm³/mol. The van der Waals surface area contributed by atoms with Crippen LogP contribution in [0, 0.1) is 0 Å². The Morgan fingerprint density at radius 3 is 2.05 bits per heavy atom. The minimum Gasteiger partial charge on any atom is -0.481 e. The molecule has 19 heavy (non-hydrogen) atoms. The summed E-state index contributed by atoms with van der Waals surface area (Å²) < 4.78 is 0. The van der Waals surface area contributed by atoms with Gasteiger partial charge < -0.3 is 27.0 Å². The van der Waals surface area contributed by atoms with E-state index in [0.29, 0.717) is 19.3 Å². The van der Waals surface area contributed by atoms with Gasteiger partial charge in [-0.05, 0) is 25.7 Å². The molecule has 0 aliphatic carbocycles. The van der Waals surface area contributed by atoms with E-state index >= 15 is 0 Å². The number of carboxylic acid groups (broad SMARTS) is 2. The van der Waals surface area contributed by atoms with Crippen LogP contribution in [0.4, 0.5) is 0 Å². The van der Waals surface area contributed by atoms with Crippen molar-refractivity contribution in [3.8, 4) is 0 Å². The van der Waals surface area contributed by atoms with Crippen LogP contribution in [-0.2, 0) is 14.4 Å². The number of hydrogen-bond acceptors (Lipinski definition) is 5. The summed E-state index contributed by atoms with van der Waals surface area (Å²) >= 11 is 0. The van der Waals surface area contributed by atoms with Gasteiger partial charge >= 0.3 is 11.9 Å². The highest BCUT2D eigenvalue weighted by Gasteiger charge is 2.16. The summed E-state index contributed by atoms with van der Waals surface area (Å²) in [7, 11) is 0. The largest absolute Gasteiger partial charge is 0.481 e. The van der Waals surface area contributed by atoms with Crippen molar-refractivity contribution in [2.45, 2.75) is 50.7 Å². The Morgan fingerprint density at radius 1 is 0.947 bits per heavy atom. The molecule has 0 aromatic heterocycles. The molecule has 0 spiro atoms. The first-order valence-electron chi connectivity index (χ1n) is 6.08. The number of nitrogens with one attached hydrogen (secondary N) is 1. The SMILES string of the molecule is N[C@H](CCCCC(=O)O)NC(=O)[C@H](N)CCC(=O)O. The Morgan fingerprint density at radius 2 is 1.53 bits per heavy atom. The van der Waals surface area contributed by atoms with Crippen LogP contribution in [0.2, 0.25) is 0 Å². The van der Waals surface area contributed by atoms with Crippen molar-refractivity contribution in [1.29, 1.82) is 0 Å². The van der Waals surface area contributed by atoms with E-state index < -0.39 is 30.1 Å². The highest BCUT2D eigenvalue weighted by atomic mass is 16.4. The minimum absolute atomic E-state index is 0.0485. The third-order valence-electron chi connectivity index (χ3n) is 2.49. The molecule has 0 aliphatic rings. The second-order valence-corrected chi connectivity index (χ2v) is 4.29. The van der Waals surface area contributed by atoms with E-state index in [-0.39, 0.29) is 19.3 Å². The van der Waals surface area contributed by atoms with Crippen molar-refractivity contribution in [1.82, 2.24) is 5.32 Å². The van der Waals surface area contributed by atoms with Gasteiger partial charge in [-0.2, -0.15) is 0 Å². The van der Waals surface area contributed by atoms with Gasteiger partial charge in [-0.25, -0.2) is 0 Å². The Hall–Kier alpha value is -1.67. The fraction of sp³-hybridized carbons (Fsp3) is 0.727. The van der Waals surface area contributed by atoms with Gasteiger partial charge in [0.1, 0.15) is 0 Å². The molecule has 0 heterocycles. The van der Waals surface area contributed by atoms with E-state index in [1.54, 1.807) is 0 Å². The molecule has 0 aliphatic heterocycles. The van der Waals surface area contributed by atoms with Crippen molar-refractivity contribution in [3.05, 3.63) is 0 Å². The molecule has 8 heteroatoms. The molecule has 0 rings (SSSR count). The van der Waals surface area contributed by atoms with Gasteiger partial charge in [-0.1, -0.05) is 0 Å². The molecule has 0 bridgehead atoms. The van der Waals surface area contributed by atoms with Crippen LogP contribution in [0.15, 0.2) is 0 Å². The Bertz CT molecular complexity index is 321. The monoisotopic (exact) mass is 275 g/mol. The summed E-state index contributed by atoms with van der Waals surface area (Å²) in [6, 6.07) is -0.902. The molecule has 0 fully saturated rings. The number of nitrogens with two attached hydrogens (primary N) is 2. The van der Waals surface area contributed by atoms with Crippen LogP contribution < -0.4 is 16.8 Å². The molecule has 2 atom stereocenters. The number of carbonyl (C=O) groups excluding carboxylic acids is 1. The van der Waals surface area contributed by atoms with Crippen LogP contribution >= 0.6 is 0 Å². The first kappa shape index (κ1) is 17.3. The Labute approximate surface area is 111 Å². The minimum atomic E-state index is -1.01. The number of carboxylic acids is 2. The van der Waals surface area contributed by atoms with Crippen molar-refractivity contribution in [2.75, 3.05) is 0 Å². The highest BCUT2D eigenvalue weighted by molar-refractivity contribution is 5.82.